The molecule has 0 amide bonds. The van der Waals surface area contributed by atoms with Gasteiger partial charge >= 0.3 is 6.01 Å². The standard InChI is InChI=1S/C17H19N3O4S/c1-13(21)14-3-5-16(6-4-14)25(22,23)20-11-7-15(8-12-20)24-17-18-9-2-10-19-17/h2-6,9-10,15H,7-8,11-12H2,1H3. The molecule has 0 spiro atoms. The summed E-state index contributed by atoms with van der Waals surface area (Å²) in [6.45, 7) is 2.19. The molecule has 3 rings (SSSR count). The van der Waals surface area contributed by atoms with Gasteiger partial charge in [0.25, 0.3) is 0 Å². The lowest BCUT2D eigenvalue weighted by Crippen LogP contribution is -2.41. The highest BCUT2D eigenvalue weighted by atomic mass is 32.2. The van der Waals surface area contributed by atoms with Gasteiger partial charge in [0.05, 0.1) is 4.90 Å². The molecule has 132 valence electrons. The molecule has 1 saturated heterocycles. The highest BCUT2D eigenvalue weighted by Gasteiger charge is 2.30. The summed E-state index contributed by atoms with van der Waals surface area (Å²) in [5, 5.41) is 0. The zero-order valence-corrected chi connectivity index (χ0v) is 14.6. The second-order valence-electron chi connectivity index (χ2n) is 5.83. The topological polar surface area (TPSA) is 89.5 Å². The van der Waals surface area contributed by atoms with Crippen molar-refractivity contribution in [3.05, 3.63) is 48.3 Å². The molecule has 0 atom stereocenters. The summed E-state index contributed by atoms with van der Waals surface area (Å²) in [6.07, 6.45) is 4.25. The van der Waals surface area contributed by atoms with Crippen molar-refractivity contribution in [3.8, 4) is 6.01 Å². The summed E-state index contributed by atoms with van der Waals surface area (Å²) in [5.74, 6) is -0.0926. The first-order chi connectivity index (χ1) is 12.0. The van der Waals surface area contributed by atoms with Gasteiger partial charge in [-0.25, -0.2) is 18.4 Å². The van der Waals surface area contributed by atoms with Gasteiger partial charge in [-0.15, -0.1) is 0 Å². The Balaban J connectivity index is 1.64. The van der Waals surface area contributed by atoms with Crippen molar-refractivity contribution >= 4 is 15.8 Å². The van der Waals surface area contributed by atoms with E-state index in [1.807, 2.05) is 0 Å². The van der Waals surface area contributed by atoms with Crippen molar-refractivity contribution in [2.24, 2.45) is 0 Å². The molecule has 1 aliphatic heterocycles. The summed E-state index contributed by atoms with van der Waals surface area (Å²) in [5.41, 5.74) is 0.494. The molecule has 0 unspecified atom stereocenters. The average Bonchev–Trinajstić information content (AvgIpc) is 2.63. The van der Waals surface area contributed by atoms with E-state index >= 15 is 0 Å². The van der Waals surface area contributed by atoms with Crippen molar-refractivity contribution in [1.82, 2.24) is 14.3 Å². The van der Waals surface area contributed by atoms with E-state index in [1.54, 1.807) is 18.5 Å². The first kappa shape index (κ1) is 17.5. The number of Topliss-reactive ketones (excluding diaryl/α,β-unsaturated/α-hetero) is 1. The van der Waals surface area contributed by atoms with E-state index in [-0.39, 0.29) is 16.8 Å². The smallest absolute Gasteiger partial charge is 0.316 e. The minimum absolute atomic E-state index is 0.0926. The molecule has 1 aromatic carbocycles. The molecular weight excluding hydrogens is 342 g/mol. The number of rotatable bonds is 5. The van der Waals surface area contributed by atoms with Gasteiger partial charge in [-0.1, -0.05) is 12.1 Å². The van der Waals surface area contributed by atoms with Crippen molar-refractivity contribution in [2.75, 3.05) is 13.1 Å². The van der Waals surface area contributed by atoms with E-state index in [0.29, 0.717) is 37.5 Å². The van der Waals surface area contributed by atoms with Gasteiger partial charge in [0.1, 0.15) is 6.10 Å². The summed E-state index contributed by atoms with van der Waals surface area (Å²) < 4.78 is 32.5. The van der Waals surface area contributed by atoms with Crippen LogP contribution in [0.3, 0.4) is 0 Å². The Kier molecular flexibility index (Phi) is 5.10. The Bertz CT molecular complexity index is 830. The van der Waals surface area contributed by atoms with E-state index in [1.165, 1.54) is 35.5 Å². The van der Waals surface area contributed by atoms with Gasteiger partial charge < -0.3 is 4.74 Å². The Hall–Kier alpha value is -2.32. The van der Waals surface area contributed by atoms with Crippen molar-refractivity contribution < 1.29 is 17.9 Å². The number of aromatic nitrogens is 2. The highest BCUT2D eigenvalue weighted by Crippen LogP contribution is 2.23. The third-order valence-corrected chi connectivity index (χ3v) is 6.03. The predicted molar refractivity (Wildman–Crippen MR) is 90.9 cm³/mol. The van der Waals surface area contributed by atoms with Gasteiger partial charge in [0, 0.05) is 31.0 Å². The lowest BCUT2D eigenvalue weighted by atomic mass is 10.1. The molecule has 25 heavy (non-hydrogen) atoms. The predicted octanol–water partition coefficient (Wildman–Crippen LogP) is 1.91. The maximum absolute atomic E-state index is 12.7. The van der Waals surface area contributed by atoms with Crippen LogP contribution >= 0.6 is 0 Å². The highest BCUT2D eigenvalue weighted by molar-refractivity contribution is 7.89. The number of carbonyl (C=O) groups excluding carboxylic acids is 1. The molecule has 8 heteroatoms. The van der Waals surface area contributed by atoms with Gasteiger partial charge in [-0.2, -0.15) is 4.31 Å². The molecule has 7 nitrogen and oxygen atoms in total. The average molecular weight is 361 g/mol. The summed E-state index contributed by atoms with van der Waals surface area (Å²) in [7, 11) is -3.57. The number of sulfonamides is 1. The van der Waals surface area contributed by atoms with E-state index in [2.05, 4.69) is 9.97 Å². The van der Waals surface area contributed by atoms with Gasteiger partial charge in [0.2, 0.25) is 10.0 Å². The zero-order valence-electron chi connectivity index (χ0n) is 13.8. The minimum Gasteiger partial charge on any atom is -0.460 e. The second kappa shape index (κ2) is 7.28. The first-order valence-electron chi connectivity index (χ1n) is 8.01. The lowest BCUT2D eigenvalue weighted by molar-refractivity contribution is 0.101. The SMILES string of the molecule is CC(=O)c1ccc(S(=O)(=O)N2CCC(Oc3ncccn3)CC2)cc1. The zero-order chi connectivity index (χ0) is 17.9. The maximum atomic E-state index is 12.7. The molecule has 1 aromatic heterocycles. The Morgan fingerprint density at radius 1 is 1.12 bits per heavy atom. The maximum Gasteiger partial charge on any atom is 0.316 e. The lowest BCUT2D eigenvalue weighted by Gasteiger charge is -2.30. The molecule has 1 fully saturated rings. The molecule has 0 saturated carbocycles. The van der Waals surface area contributed by atoms with Crippen LogP contribution in [0.2, 0.25) is 0 Å². The summed E-state index contributed by atoms with van der Waals surface area (Å²) in [6, 6.07) is 8.05. The fraction of sp³-hybridized carbons (Fsp3) is 0.353. The monoisotopic (exact) mass is 361 g/mol. The number of ether oxygens (including phenoxy) is 1. The Labute approximate surface area is 146 Å². The Morgan fingerprint density at radius 2 is 1.72 bits per heavy atom. The fourth-order valence-electron chi connectivity index (χ4n) is 2.70. The van der Waals surface area contributed by atoms with Crippen LogP contribution in [-0.2, 0) is 10.0 Å². The van der Waals surface area contributed by atoms with E-state index < -0.39 is 10.0 Å². The van der Waals surface area contributed by atoms with Crippen molar-refractivity contribution in [3.63, 3.8) is 0 Å². The first-order valence-corrected chi connectivity index (χ1v) is 9.45. The number of carbonyl (C=O) groups is 1. The number of hydrogen-bond acceptors (Lipinski definition) is 6. The molecule has 0 N–H and O–H groups in total. The van der Waals surface area contributed by atoms with Gasteiger partial charge in [0.15, 0.2) is 5.78 Å². The van der Waals surface area contributed by atoms with Crippen molar-refractivity contribution in [2.45, 2.75) is 30.8 Å². The molecule has 1 aliphatic rings. The third kappa shape index (κ3) is 4.02. The quantitative estimate of drug-likeness (QED) is 0.756. The van der Waals surface area contributed by atoms with E-state index in [9.17, 15) is 13.2 Å². The fourth-order valence-corrected chi connectivity index (χ4v) is 4.17. The van der Waals surface area contributed by atoms with E-state index in [4.69, 9.17) is 4.74 Å². The van der Waals surface area contributed by atoms with Crippen LogP contribution in [0.15, 0.2) is 47.6 Å². The number of hydrogen-bond donors (Lipinski definition) is 0. The molecule has 0 aliphatic carbocycles. The molecule has 2 heterocycles. The third-order valence-electron chi connectivity index (χ3n) is 4.11. The van der Waals surface area contributed by atoms with Crippen LogP contribution in [-0.4, -0.2) is 47.7 Å². The van der Waals surface area contributed by atoms with Crippen molar-refractivity contribution in [1.29, 1.82) is 0 Å². The largest absolute Gasteiger partial charge is 0.460 e. The molecular formula is C17H19N3O4S. The van der Waals surface area contributed by atoms with Crippen LogP contribution in [0.5, 0.6) is 6.01 Å². The minimum atomic E-state index is -3.57. The number of benzene rings is 1. The Morgan fingerprint density at radius 3 is 2.28 bits per heavy atom. The number of ketones is 1. The summed E-state index contributed by atoms with van der Waals surface area (Å²) >= 11 is 0. The molecule has 0 radical (unpaired) electrons. The summed E-state index contributed by atoms with van der Waals surface area (Å²) in [4.78, 5) is 19.5. The second-order valence-corrected chi connectivity index (χ2v) is 7.77. The number of piperidine rings is 1. The van der Waals surface area contributed by atoms with E-state index in [0.717, 1.165) is 0 Å². The van der Waals surface area contributed by atoms with Gasteiger partial charge in [-0.05, 0) is 38.0 Å². The van der Waals surface area contributed by atoms with Crippen LogP contribution in [0.25, 0.3) is 0 Å². The number of nitrogens with zero attached hydrogens (tertiary/aromatic N) is 3. The van der Waals surface area contributed by atoms with Crippen LogP contribution in [0.4, 0.5) is 0 Å². The van der Waals surface area contributed by atoms with Crippen LogP contribution in [0, 0.1) is 0 Å². The van der Waals surface area contributed by atoms with Crippen LogP contribution < -0.4 is 4.74 Å². The van der Waals surface area contributed by atoms with Crippen LogP contribution in [0.1, 0.15) is 30.1 Å². The normalized spacial score (nSPS) is 16.5. The molecule has 0 bridgehead atoms. The molecule has 2 aromatic rings. The van der Waals surface area contributed by atoms with Gasteiger partial charge in [-0.3, -0.25) is 4.79 Å².